The summed E-state index contributed by atoms with van der Waals surface area (Å²) in [6.45, 7) is 2.43. The summed E-state index contributed by atoms with van der Waals surface area (Å²) in [5, 5.41) is 0. The molecule has 2 aromatic carbocycles. The molecule has 1 amide bonds. The number of carbonyl (C=O) groups is 1. The minimum Gasteiger partial charge on any atom is -0.453 e. The van der Waals surface area contributed by atoms with E-state index in [1.54, 1.807) is 0 Å². The molecule has 1 fully saturated rings. The Kier molecular flexibility index (Phi) is 3.77. The lowest BCUT2D eigenvalue weighted by atomic mass is 9.87. The van der Waals surface area contributed by atoms with E-state index in [0.29, 0.717) is 6.54 Å². The highest BCUT2D eigenvalue weighted by atomic mass is 16.5. The fraction of sp³-hybridized carbons (Fsp3) is 0.350. The second-order valence-corrected chi connectivity index (χ2v) is 6.65. The number of rotatable bonds is 1. The summed E-state index contributed by atoms with van der Waals surface area (Å²) in [6.07, 6.45) is -0.227. The van der Waals surface area contributed by atoms with E-state index in [4.69, 9.17) is 4.74 Å². The molecule has 1 saturated heterocycles. The average molecular weight is 322 g/mol. The van der Waals surface area contributed by atoms with E-state index in [9.17, 15) is 4.79 Å². The highest BCUT2D eigenvalue weighted by molar-refractivity contribution is 5.80. The van der Waals surface area contributed by atoms with Crippen LogP contribution in [0.4, 0.5) is 4.79 Å². The van der Waals surface area contributed by atoms with Crippen LogP contribution < -0.4 is 0 Å². The molecule has 0 aromatic heterocycles. The van der Waals surface area contributed by atoms with Gasteiger partial charge in [0.25, 0.3) is 0 Å². The lowest BCUT2D eigenvalue weighted by molar-refractivity contribution is 0.0604. The Hall–Kier alpha value is -2.33. The molecule has 0 radical (unpaired) electrons. The first kappa shape index (κ1) is 15.2. The zero-order valence-electron chi connectivity index (χ0n) is 14.1. The molecule has 1 atom stereocenters. The molecule has 0 spiro atoms. The molecule has 0 saturated carbocycles. The van der Waals surface area contributed by atoms with Crippen molar-refractivity contribution in [2.24, 2.45) is 0 Å². The quantitative estimate of drug-likeness (QED) is 0.808. The largest absolute Gasteiger partial charge is 0.453 e. The third-order valence-electron chi connectivity index (χ3n) is 5.30. The standard InChI is InChI=1S/C20H22N2O2/c1-21-11-12-22(20(23)24-2)18(13-21)19-16-9-5-3-7-14(16)15-8-4-6-10-17(15)19/h3-10,18-19H,11-13H2,1-2H3. The Bertz CT molecular complexity index is 728. The van der Waals surface area contributed by atoms with Gasteiger partial charge < -0.3 is 14.5 Å². The van der Waals surface area contributed by atoms with Gasteiger partial charge in [-0.25, -0.2) is 4.79 Å². The minimum atomic E-state index is -0.227. The summed E-state index contributed by atoms with van der Waals surface area (Å²) in [5.41, 5.74) is 5.20. The molecule has 4 nitrogen and oxygen atoms in total. The number of nitrogens with zero attached hydrogens (tertiary/aromatic N) is 2. The van der Waals surface area contributed by atoms with Crippen LogP contribution in [0.5, 0.6) is 0 Å². The van der Waals surface area contributed by atoms with E-state index in [0.717, 1.165) is 13.1 Å². The number of benzene rings is 2. The Balaban J connectivity index is 1.83. The fourth-order valence-electron chi connectivity index (χ4n) is 4.19. The third-order valence-corrected chi connectivity index (χ3v) is 5.30. The molecule has 124 valence electrons. The van der Waals surface area contributed by atoms with Crippen LogP contribution >= 0.6 is 0 Å². The lowest BCUT2D eigenvalue weighted by Crippen LogP contribution is -2.56. The van der Waals surface area contributed by atoms with Crippen LogP contribution in [0.1, 0.15) is 17.0 Å². The number of hydrogen-bond acceptors (Lipinski definition) is 3. The van der Waals surface area contributed by atoms with Crippen molar-refractivity contribution in [1.82, 2.24) is 9.80 Å². The van der Waals surface area contributed by atoms with Gasteiger partial charge in [-0.2, -0.15) is 0 Å². The van der Waals surface area contributed by atoms with Crippen molar-refractivity contribution in [3.05, 3.63) is 59.7 Å². The van der Waals surface area contributed by atoms with E-state index in [-0.39, 0.29) is 18.1 Å². The van der Waals surface area contributed by atoms with E-state index >= 15 is 0 Å². The van der Waals surface area contributed by atoms with E-state index in [2.05, 4.69) is 60.5 Å². The molecule has 4 heteroatoms. The second kappa shape index (κ2) is 5.95. The van der Waals surface area contributed by atoms with Gasteiger partial charge >= 0.3 is 6.09 Å². The zero-order chi connectivity index (χ0) is 16.7. The Morgan fingerprint density at radius 1 is 1.00 bits per heavy atom. The molecule has 24 heavy (non-hydrogen) atoms. The maximum absolute atomic E-state index is 12.3. The number of methoxy groups -OCH3 is 1. The molecular formula is C20H22N2O2. The van der Waals surface area contributed by atoms with Crippen molar-refractivity contribution in [1.29, 1.82) is 0 Å². The van der Waals surface area contributed by atoms with Crippen molar-refractivity contribution < 1.29 is 9.53 Å². The monoisotopic (exact) mass is 322 g/mol. The van der Waals surface area contributed by atoms with Gasteiger partial charge in [0.2, 0.25) is 0 Å². The number of piperazine rings is 1. The molecule has 1 aliphatic heterocycles. The first-order valence-corrected chi connectivity index (χ1v) is 8.42. The molecule has 1 heterocycles. The summed E-state index contributed by atoms with van der Waals surface area (Å²) in [6, 6.07) is 17.2. The number of likely N-dealkylation sites (N-methyl/N-ethyl adjacent to an activating group) is 1. The highest BCUT2D eigenvalue weighted by Gasteiger charge is 2.41. The summed E-state index contributed by atoms with van der Waals surface area (Å²) < 4.78 is 5.06. The predicted molar refractivity (Wildman–Crippen MR) is 94.1 cm³/mol. The van der Waals surface area contributed by atoms with Gasteiger partial charge in [-0.05, 0) is 29.3 Å². The Morgan fingerprint density at radius 2 is 1.58 bits per heavy atom. The fourth-order valence-corrected chi connectivity index (χ4v) is 4.19. The molecule has 1 aliphatic carbocycles. The van der Waals surface area contributed by atoms with Crippen molar-refractivity contribution in [3.8, 4) is 11.1 Å². The van der Waals surface area contributed by atoms with Gasteiger partial charge in [-0.3, -0.25) is 0 Å². The smallest absolute Gasteiger partial charge is 0.409 e. The lowest BCUT2D eigenvalue weighted by Gasteiger charge is -2.42. The SMILES string of the molecule is COC(=O)N1CCN(C)CC1C1c2ccccc2-c2ccccc21. The Morgan fingerprint density at radius 3 is 2.17 bits per heavy atom. The van der Waals surface area contributed by atoms with Crippen LogP contribution in [0.2, 0.25) is 0 Å². The molecule has 4 rings (SSSR count). The maximum atomic E-state index is 12.3. The normalized spacial score (nSPS) is 20.6. The van der Waals surface area contributed by atoms with Crippen molar-refractivity contribution >= 4 is 6.09 Å². The van der Waals surface area contributed by atoms with E-state index in [1.807, 2.05) is 4.90 Å². The molecule has 0 N–H and O–H groups in total. The highest BCUT2D eigenvalue weighted by Crippen LogP contribution is 2.47. The number of carbonyl (C=O) groups excluding carboxylic acids is 1. The molecule has 0 bridgehead atoms. The van der Waals surface area contributed by atoms with E-state index < -0.39 is 0 Å². The first-order chi connectivity index (χ1) is 11.7. The topological polar surface area (TPSA) is 32.8 Å². The van der Waals surface area contributed by atoms with E-state index in [1.165, 1.54) is 29.4 Å². The average Bonchev–Trinajstić information content (AvgIpc) is 2.95. The number of fused-ring (bicyclic) bond motifs is 3. The van der Waals surface area contributed by atoms with Gasteiger partial charge in [0.15, 0.2) is 0 Å². The minimum absolute atomic E-state index is 0.0843. The van der Waals surface area contributed by atoms with Gasteiger partial charge in [0.1, 0.15) is 0 Å². The van der Waals surface area contributed by atoms with Crippen LogP contribution in [0, 0.1) is 0 Å². The summed E-state index contributed by atoms with van der Waals surface area (Å²) in [7, 11) is 3.59. The number of amides is 1. The predicted octanol–water partition coefficient (Wildman–Crippen LogP) is 3.18. The van der Waals surface area contributed by atoms with Gasteiger partial charge in [0.05, 0.1) is 13.2 Å². The van der Waals surface area contributed by atoms with Crippen LogP contribution in [-0.4, -0.2) is 55.7 Å². The second-order valence-electron chi connectivity index (χ2n) is 6.65. The van der Waals surface area contributed by atoms with Gasteiger partial charge in [0, 0.05) is 25.6 Å². The number of hydrogen-bond donors (Lipinski definition) is 0. The van der Waals surface area contributed by atoms with Gasteiger partial charge in [-0.15, -0.1) is 0 Å². The molecule has 2 aromatic rings. The molecule has 1 unspecified atom stereocenters. The molecular weight excluding hydrogens is 300 g/mol. The summed E-state index contributed by atoms with van der Waals surface area (Å²) in [4.78, 5) is 16.6. The van der Waals surface area contributed by atoms with Crippen LogP contribution in [-0.2, 0) is 4.74 Å². The third kappa shape index (κ3) is 2.29. The number of ether oxygens (including phenoxy) is 1. The van der Waals surface area contributed by atoms with Crippen LogP contribution in [0.3, 0.4) is 0 Å². The van der Waals surface area contributed by atoms with Crippen LogP contribution in [0.25, 0.3) is 11.1 Å². The van der Waals surface area contributed by atoms with Crippen molar-refractivity contribution in [2.45, 2.75) is 12.0 Å². The zero-order valence-corrected chi connectivity index (χ0v) is 14.1. The summed E-state index contributed by atoms with van der Waals surface area (Å²) in [5.74, 6) is 0.194. The van der Waals surface area contributed by atoms with Crippen LogP contribution in [0.15, 0.2) is 48.5 Å². The first-order valence-electron chi connectivity index (χ1n) is 8.42. The summed E-state index contributed by atoms with van der Waals surface area (Å²) >= 11 is 0. The maximum Gasteiger partial charge on any atom is 0.409 e. The Labute approximate surface area is 142 Å². The van der Waals surface area contributed by atoms with Crippen molar-refractivity contribution in [3.63, 3.8) is 0 Å². The van der Waals surface area contributed by atoms with Gasteiger partial charge in [-0.1, -0.05) is 48.5 Å². The molecule has 2 aliphatic rings. The van der Waals surface area contributed by atoms with Crippen molar-refractivity contribution in [2.75, 3.05) is 33.8 Å².